The maximum atomic E-state index is 12.2. The van der Waals surface area contributed by atoms with Crippen LogP contribution in [0.3, 0.4) is 0 Å². The van der Waals surface area contributed by atoms with E-state index in [1.807, 2.05) is 0 Å². The molecule has 0 bridgehead atoms. The Morgan fingerprint density at radius 3 is 2.75 bits per heavy atom. The number of nitrogens with zero attached hydrogens (tertiary/aromatic N) is 3. The Hall–Kier alpha value is -2.90. The highest BCUT2D eigenvalue weighted by molar-refractivity contribution is 5.94. The number of piperidine rings is 1. The van der Waals surface area contributed by atoms with Gasteiger partial charge in [0, 0.05) is 37.6 Å². The third-order valence-electron chi connectivity index (χ3n) is 3.90. The Balaban J connectivity index is 1.47. The zero-order valence-corrected chi connectivity index (χ0v) is 13.4. The van der Waals surface area contributed by atoms with E-state index in [9.17, 15) is 9.59 Å². The Bertz CT molecular complexity index is 708. The molecule has 2 aromatic rings. The third kappa shape index (κ3) is 3.89. The van der Waals surface area contributed by atoms with E-state index in [2.05, 4.69) is 20.8 Å². The van der Waals surface area contributed by atoms with Crippen LogP contribution in [-0.2, 0) is 0 Å². The van der Waals surface area contributed by atoms with Gasteiger partial charge in [0.25, 0.3) is 5.91 Å². The smallest absolute Gasteiger partial charge is 0.323 e. The molecule has 3 heterocycles. The summed E-state index contributed by atoms with van der Waals surface area (Å²) in [5.74, 6) is 0.913. The van der Waals surface area contributed by atoms with Gasteiger partial charge in [-0.15, -0.1) is 0 Å². The van der Waals surface area contributed by atoms with Crippen molar-refractivity contribution in [3.05, 3.63) is 41.9 Å². The molecular formula is C16H19N5O3. The van der Waals surface area contributed by atoms with E-state index in [-0.39, 0.29) is 18.0 Å². The van der Waals surface area contributed by atoms with Crippen molar-refractivity contribution in [3.63, 3.8) is 0 Å². The SMILES string of the molecule is Cc1cc(NC(=O)N2CCC(NC(=O)c3cccnc3)CC2)no1. The van der Waals surface area contributed by atoms with Gasteiger partial charge in [-0.25, -0.2) is 4.79 Å². The molecule has 1 aliphatic heterocycles. The highest BCUT2D eigenvalue weighted by Crippen LogP contribution is 2.14. The molecule has 3 amide bonds. The molecule has 1 saturated heterocycles. The van der Waals surface area contributed by atoms with Crippen molar-refractivity contribution in [1.82, 2.24) is 20.4 Å². The van der Waals surface area contributed by atoms with Gasteiger partial charge in [-0.1, -0.05) is 5.16 Å². The number of hydrogen-bond donors (Lipinski definition) is 2. The fourth-order valence-corrected chi connectivity index (χ4v) is 2.61. The summed E-state index contributed by atoms with van der Waals surface area (Å²) in [6, 6.07) is 4.97. The van der Waals surface area contributed by atoms with Crippen LogP contribution in [0, 0.1) is 6.92 Å². The second-order valence-corrected chi connectivity index (χ2v) is 5.73. The summed E-state index contributed by atoms with van der Waals surface area (Å²) in [4.78, 5) is 29.9. The van der Waals surface area contributed by atoms with Crippen molar-refractivity contribution in [2.75, 3.05) is 18.4 Å². The van der Waals surface area contributed by atoms with E-state index in [0.29, 0.717) is 43.1 Å². The Morgan fingerprint density at radius 1 is 1.33 bits per heavy atom. The van der Waals surface area contributed by atoms with Crippen molar-refractivity contribution in [2.45, 2.75) is 25.8 Å². The number of likely N-dealkylation sites (tertiary alicyclic amines) is 1. The van der Waals surface area contributed by atoms with Crippen LogP contribution < -0.4 is 10.6 Å². The molecule has 1 fully saturated rings. The topological polar surface area (TPSA) is 100 Å². The first-order valence-electron chi connectivity index (χ1n) is 7.82. The first-order chi connectivity index (χ1) is 11.6. The first-order valence-corrected chi connectivity index (χ1v) is 7.82. The van der Waals surface area contributed by atoms with Crippen LogP contribution in [0.1, 0.15) is 29.0 Å². The molecule has 0 aliphatic carbocycles. The predicted octanol–water partition coefficient (Wildman–Crippen LogP) is 1.80. The van der Waals surface area contributed by atoms with Gasteiger partial charge in [-0.3, -0.25) is 15.1 Å². The van der Waals surface area contributed by atoms with E-state index < -0.39 is 0 Å². The molecule has 2 aromatic heterocycles. The molecule has 0 radical (unpaired) electrons. The van der Waals surface area contributed by atoms with Crippen LogP contribution in [-0.4, -0.2) is 46.1 Å². The van der Waals surface area contributed by atoms with Gasteiger partial charge in [0.2, 0.25) is 0 Å². The molecule has 24 heavy (non-hydrogen) atoms. The summed E-state index contributed by atoms with van der Waals surface area (Å²) in [6.45, 7) is 2.90. The second kappa shape index (κ2) is 7.12. The first kappa shape index (κ1) is 16.0. The number of aromatic nitrogens is 2. The molecule has 0 aromatic carbocycles. The van der Waals surface area contributed by atoms with Crippen LogP contribution in [0.15, 0.2) is 35.1 Å². The zero-order valence-electron chi connectivity index (χ0n) is 13.4. The lowest BCUT2D eigenvalue weighted by Gasteiger charge is -2.32. The van der Waals surface area contributed by atoms with Gasteiger partial charge in [-0.2, -0.15) is 0 Å². The molecule has 8 heteroatoms. The number of pyridine rings is 1. The van der Waals surface area contributed by atoms with E-state index in [1.54, 1.807) is 36.2 Å². The number of anilines is 1. The van der Waals surface area contributed by atoms with Crippen molar-refractivity contribution in [2.24, 2.45) is 0 Å². The predicted molar refractivity (Wildman–Crippen MR) is 86.6 cm³/mol. The number of carbonyl (C=O) groups is 2. The van der Waals surface area contributed by atoms with Gasteiger partial charge in [0.1, 0.15) is 5.76 Å². The maximum absolute atomic E-state index is 12.2. The standard InChI is InChI=1S/C16H19N5O3/c1-11-9-14(20-24-11)19-16(23)21-7-4-13(5-8-21)18-15(22)12-3-2-6-17-10-12/h2-3,6,9-10,13H,4-5,7-8H2,1H3,(H,18,22)(H,19,20,23). The molecular weight excluding hydrogens is 310 g/mol. The summed E-state index contributed by atoms with van der Waals surface area (Å²) in [5.41, 5.74) is 0.541. The largest absolute Gasteiger partial charge is 0.360 e. The number of amides is 3. The molecule has 0 saturated carbocycles. The molecule has 126 valence electrons. The average molecular weight is 329 g/mol. The van der Waals surface area contributed by atoms with E-state index in [1.165, 1.54) is 6.20 Å². The van der Waals surface area contributed by atoms with E-state index in [4.69, 9.17) is 4.52 Å². The van der Waals surface area contributed by atoms with Gasteiger partial charge in [0.05, 0.1) is 5.56 Å². The lowest BCUT2D eigenvalue weighted by atomic mass is 10.0. The van der Waals surface area contributed by atoms with E-state index in [0.717, 1.165) is 0 Å². The van der Waals surface area contributed by atoms with Crippen LogP contribution in [0.2, 0.25) is 0 Å². The summed E-state index contributed by atoms with van der Waals surface area (Å²) >= 11 is 0. The van der Waals surface area contributed by atoms with Crippen LogP contribution >= 0.6 is 0 Å². The number of nitrogens with one attached hydrogen (secondary N) is 2. The minimum Gasteiger partial charge on any atom is -0.360 e. The summed E-state index contributed by atoms with van der Waals surface area (Å²) in [5, 5.41) is 9.43. The number of urea groups is 1. The molecule has 0 spiro atoms. The van der Waals surface area contributed by atoms with Gasteiger partial charge in [-0.05, 0) is 31.9 Å². The Labute approximate surface area is 139 Å². The number of rotatable bonds is 3. The Kier molecular flexibility index (Phi) is 4.74. The molecule has 8 nitrogen and oxygen atoms in total. The van der Waals surface area contributed by atoms with Crippen LogP contribution in [0.25, 0.3) is 0 Å². The monoisotopic (exact) mass is 329 g/mol. The maximum Gasteiger partial charge on any atom is 0.323 e. The van der Waals surface area contributed by atoms with Gasteiger partial charge in [0.15, 0.2) is 5.82 Å². The third-order valence-corrected chi connectivity index (χ3v) is 3.90. The highest BCUT2D eigenvalue weighted by atomic mass is 16.5. The van der Waals surface area contributed by atoms with Gasteiger partial charge < -0.3 is 14.7 Å². The van der Waals surface area contributed by atoms with Crippen molar-refractivity contribution >= 4 is 17.8 Å². The normalized spacial score (nSPS) is 15.1. The Morgan fingerprint density at radius 2 is 2.12 bits per heavy atom. The number of aryl methyl sites for hydroxylation is 1. The minimum absolute atomic E-state index is 0.0519. The van der Waals surface area contributed by atoms with E-state index >= 15 is 0 Å². The fourth-order valence-electron chi connectivity index (χ4n) is 2.61. The van der Waals surface area contributed by atoms with Gasteiger partial charge >= 0.3 is 6.03 Å². The van der Waals surface area contributed by atoms with Crippen LogP contribution in [0.4, 0.5) is 10.6 Å². The lowest BCUT2D eigenvalue weighted by Crippen LogP contribution is -2.47. The lowest BCUT2D eigenvalue weighted by molar-refractivity contribution is 0.0919. The second-order valence-electron chi connectivity index (χ2n) is 5.73. The molecule has 0 atom stereocenters. The molecule has 0 unspecified atom stereocenters. The number of carbonyl (C=O) groups excluding carboxylic acids is 2. The summed E-state index contributed by atoms with van der Waals surface area (Å²) in [7, 11) is 0. The minimum atomic E-state index is -0.208. The number of hydrogen-bond acceptors (Lipinski definition) is 5. The van der Waals surface area contributed by atoms with Crippen LogP contribution in [0.5, 0.6) is 0 Å². The quantitative estimate of drug-likeness (QED) is 0.894. The highest BCUT2D eigenvalue weighted by Gasteiger charge is 2.24. The molecule has 3 rings (SSSR count). The fraction of sp³-hybridized carbons (Fsp3) is 0.375. The average Bonchev–Trinajstić information content (AvgIpc) is 3.01. The summed E-state index contributed by atoms with van der Waals surface area (Å²) in [6.07, 6.45) is 4.58. The molecule has 1 aliphatic rings. The van der Waals surface area contributed by atoms with Crippen molar-refractivity contribution in [1.29, 1.82) is 0 Å². The summed E-state index contributed by atoms with van der Waals surface area (Å²) < 4.78 is 4.92. The molecule has 2 N–H and O–H groups in total. The van der Waals surface area contributed by atoms with Crippen molar-refractivity contribution < 1.29 is 14.1 Å². The zero-order chi connectivity index (χ0) is 16.9. The van der Waals surface area contributed by atoms with Crippen molar-refractivity contribution in [3.8, 4) is 0 Å².